The molecule has 0 bridgehead atoms. The minimum atomic E-state index is 0.283. The molecule has 2 aliphatic rings. The van der Waals surface area contributed by atoms with E-state index >= 15 is 0 Å². The summed E-state index contributed by atoms with van der Waals surface area (Å²) < 4.78 is 1.22. The number of fused-ring (bicyclic) bond motifs is 1. The normalized spacial score (nSPS) is 19.8. The van der Waals surface area contributed by atoms with Gasteiger partial charge in [0.1, 0.15) is 10.8 Å². The Labute approximate surface area is 204 Å². The second-order valence-corrected chi connectivity index (χ2v) is 11.0. The van der Waals surface area contributed by atoms with Gasteiger partial charge in [-0.1, -0.05) is 18.2 Å². The molecule has 174 valence electrons. The molecule has 4 heterocycles. The van der Waals surface area contributed by atoms with Gasteiger partial charge in [0.15, 0.2) is 0 Å². The number of carbonyl (C=O) groups excluding carboxylic acids is 1. The van der Waals surface area contributed by atoms with Crippen molar-refractivity contribution >= 4 is 45.0 Å². The summed E-state index contributed by atoms with van der Waals surface area (Å²) in [5.41, 5.74) is 1.06. The first-order valence-corrected chi connectivity index (χ1v) is 13.8. The highest BCUT2D eigenvalue weighted by Crippen LogP contribution is 2.25. The molecule has 5 rings (SSSR count). The van der Waals surface area contributed by atoms with Crippen molar-refractivity contribution in [2.24, 2.45) is 5.92 Å². The molecule has 2 aliphatic heterocycles. The quantitative estimate of drug-likeness (QED) is 0.509. The van der Waals surface area contributed by atoms with E-state index in [-0.39, 0.29) is 5.91 Å². The lowest BCUT2D eigenvalue weighted by Crippen LogP contribution is -2.50. The summed E-state index contributed by atoms with van der Waals surface area (Å²) in [7, 11) is 0. The SMILES string of the molecule is O=C(CSCc1nc2ccccc2s1)N1CCCC(CN2CCN(c3ccccn3)CC2)C1. The Hall–Kier alpha value is -2.16. The number of nitrogens with zero attached hydrogens (tertiary/aromatic N) is 5. The fourth-order valence-corrected chi connectivity index (χ4v) is 6.75. The number of aromatic nitrogens is 2. The molecule has 0 radical (unpaired) electrons. The van der Waals surface area contributed by atoms with Gasteiger partial charge in [-0.05, 0) is 43.0 Å². The van der Waals surface area contributed by atoms with Crippen molar-refractivity contribution in [3.8, 4) is 0 Å². The molecule has 33 heavy (non-hydrogen) atoms. The van der Waals surface area contributed by atoms with Crippen LogP contribution >= 0.6 is 23.1 Å². The van der Waals surface area contributed by atoms with Crippen LogP contribution in [-0.2, 0) is 10.5 Å². The predicted molar refractivity (Wildman–Crippen MR) is 138 cm³/mol. The van der Waals surface area contributed by atoms with Crippen molar-refractivity contribution in [2.45, 2.75) is 18.6 Å². The highest BCUT2D eigenvalue weighted by atomic mass is 32.2. The number of piperazine rings is 1. The van der Waals surface area contributed by atoms with Gasteiger partial charge < -0.3 is 9.80 Å². The Bertz CT molecular complexity index is 1020. The number of likely N-dealkylation sites (tertiary alicyclic amines) is 1. The number of hydrogen-bond donors (Lipinski definition) is 0. The van der Waals surface area contributed by atoms with Crippen LogP contribution in [0, 0.1) is 5.92 Å². The highest BCUT2D eigenvalue weighted by molar-refractivity contribution is 7.99. The van der Waals surface area contributed by atoms with Crippen LogP contribution in [-0.4, -0.2) is 77.2 Å². The Morgan fingerprint density at radius 2 is 1.91 bits per heavy atom. The van der Waals surface area contributed by atoms with E-state index in [1.807, 2.05) is 24.4 Å². The van der Waals surface area contributed by atoms with Crippen molar-refractivity contribution in [2.75, 3.05) is 56.5 Å². The zero-order valence-electron chi connectivity index (χ0n) is 18.9. The number of rotatable bonds is 7. The Balaban J connectivity index is 1.05. The summed E-state index contributed by atoms with van der Waals surface area (Å²) >= 11 is 3.43. The first kappa shape index (κ1) is 22.6. The molecule has 1 amide bonds. The molecule has 3 aromatic rings. The lowest BCUT2D eigenvalue weighted by molar-refractivity contribution is -0.130. The van der Waals surface area contributed by atoms with E-state index < -0.39 is 0 Å². The van der Waals surface area contributed by atoms with Crippen molar-refractivity contribution in [1.29, 1.82) is 0 Å². The van der Waals surface area contributed by atoms with Gasteiger partial charge in [-0.3, -0.25) is 9.69 Å². The maximum Gasteiger partial charge on any atom is 0.232 e. The third kappa shape index (κ3) is 5.86. The molecule has 0 saturated carbocycles. The highest BCUT2D eigenvalue weighted by Gasteiger charge is 2.27. The average Bonchev–Trinajstić information content (AvgIpc) is 3.28. The molecular weight excluding hydrogens is 450 g/mol. The van der Waals surface area contributed by atoms with Crippen LogP contribution in [0.25, 0.3) is 10.2 Å². The van der Waals surface area contributed by atoms with Crippen LogP contribution in [0.3, 0.4) is 0 Å². The fourth-order valence-electron chi connectivity index (χ4n) is 4.80. The van der Waals surface area contributed by atoms with E-state index in [0.717, 1.165) is 74.3 Å². The molecule has 2 fully saturated rings. The van der Waals surface area contributed by atoms with Gasteiger partial charge in [-0.25, -0.2) is 9.97 Å². The molecule has 0 aliphatic carbocycles. The Kier molecular flexibility index (Phi) is 7.43. The standard InChI is InChI=1S/C25H31N5OS2/c31-25(19-32-18-24-27-21-7-1-2-8-22(21)33-24)30-11-5-6-20(17-30)16-28-12-14-29(15-13-28)23-9-3-4-10-26-23/h1-4,7-10,20H,5-6,11-19H2. The number of thioether (sulfide) groups is 1. The van der Waals surface area contributed by atoms with Crippen LogP contribution in [0.2, 0.25) is 0 Å². The van der Waals surface area contributed by atoms with Gasteiger partial charge in [0.25, 0.3) is 0 Å². The molecule has 0 spiro atoms. The number of hydrogen-bond acceptors (Lipinski definition) is 7. The van der Waals surface area contributed by atoms with E-state index in [4.69, 9.17) is 0 Å². The minimum Gasteiger partial charge on any atom is -0.354 e. The van der Waals surface area contributed by atoms with Gasteiger partial charge >= 0.3 is 0 Å². The van der Waals surface area contributed by atoms with Crippen molar-refractivity contribution in [3.05, 3.63) is 53.7 Å². The number of carbonyl (C=O) groups is 1. The third-order valence-electron chi connectivity index (χ3n) is 6.52. The number of thiazole rings is 1. The number of anilines is 1. The van der Waals surface area contributed by atoms with Crippen LogP contribution in [0.1, 0.15) is 17.8 Å². The summed E-state index contributed by atoms with van der Waals surface area (Å²) in [4.78, 5) is 29.1. The summed E-state index contributed by atoms with van der Waals surface area (Å²) in [6.45, 7) is 7.09. The predicted octanol–water partition coefficient (Wildman–Crippen LogP) is 3.99. The molecule has 6 nitrogen and oxygen atoms in total. The van der Waals surface area contributed by atoms with Crippen molar-refractivity contribution in [3.63, 3.8) is 0 Å². The molecule has 1 aromatic carbocycles. The summed E-state index contributed by atoms with van der Waals surface area (Å²) in [5.74, 6) is 3.30. The molecule has 1 unspecified atom stereocenters. The summed E-state index contributed by atoms with van der Waals surface area (Å²) in [6, 6.07) is 14.4. The van der Waals surface area contributed by atoms with Crippen molar-refractivity contribution < 1.29 is 4.79 Å². The Morgan fingerprint density at radius 3 is 2.73 bits per heavy atom. The van der Waals surface area contributed by atoms with Crippen molar-refractivity contribution in [1.82, 2.24) is 19.8 Å². The zero-order valence-corrected chi connectivity index (χ0v) is 20.6. The van der Waals surface area contributed by atoms with Gasteiger partial charge in [0, 0.05) is 57.8 Å². The van der Waals surface area contributed by atoms with Crippen LogP contribution in [0.5, 0.6) is 0 Å². The molecular formula is C25H31N5OS2. The number of pyridine rings is 1. The second-order valence-electron chi connectivity index (χ2n) is 8.89. The first-order valence-electron chi connectivity index (χ1n) is 11.8. The van der Waals surface area contributed by atoms with Gasteiger partial charge in [-0.15, -0.1) is 23.1 Å². The number of para-hydroxylation sites is 1. The third-order valence-corrected chi connectivity index (χ3v) is 8.67. The topological polar surface area (TPSA) is 52.6 Å². The number of benzene rings is 1. The van der Waals surface area contributed by atoms with E-state index in [1.54, 1.807) is 23.1 Å². The summed E-state index contributed by atoms with van der Waals surface area (Å²) in [6.07, 6.45) is 4.21. The van der Waals surface area contributed by atoms with Crippen LogP contribution in [0.4, 0.5) is 5.82 Å². The lowest BCUT2D eigenvalue weighted by atomic mass is 9.97. The molecule has 0 N–H and O–H groups in total. The maximum atomic E-state index is 12.9. The monoisotopic (exact) mass is 481 g/mol. The van der Waals surface area contributed by atoms with E-state index in [0.29, 0.717) is 11.7 Å². The van der Waals surface area contributed by atoms with Crippen LogP contribution < -0.4 is 4.90 Å². The fraction of sp³-hybridized carbons (Fsp3) is 0.480. The minimum absolute atomic E-state index is 0.283. The summed E-state index contributed by atoms with van der Waals surface area (Å²) in [5, 5.41) is 1.11. The van der Waals surface area contributed by atoms with Crippen LogP contribution in [0.15, 0.2) is 48.7 Å². The maximum absolute atomic E-state index is 12.9. The number of amides is 1. The van der Waals surface area contributed by atoms with Gasteiger partial charge in [-0.2, -0.15) is 0 Å². The van der Waals surface area contributed by atoms with E-state index in [1.165, 1.54) is 11.1 Å². The first-order chi connectivity index (χ1) is 16.2. The molecule has 2 saturated heterocycles. The second kappa shape index (κ2) is 10.8. The van der Waals surface area contributed by atoms with E-state index in [2.05, 4.69) is 48.9 Å². The smallest absolute Gasteiger partial charge is 0.232 e. The molecule has 2 aromatic heterocycles. The molecule has 1 atom stereocenters. The average molecular weight is 482 g/mol. The Morgan fingerprint density at radius 1 is 1.06 bits per heavy atom. The zero-order chi connectivity index (χ0) is 22.5. The largest absolute Gasteiger partial charge is 0.354 e. The lowest BCUT2D eigenvalue weighted by Gasteiger charge is -2.39. The van der Waals surface area contributed by atoms with Gasteiger partial charge in [0.05, 0.1) is 16.0 Å². The molecule has 8 heteroatoms. The van der Waals surface area contributed by atoms with E-state index in [9.17, 15) is 4.79 Å². The number of piperidine rings is 1. The van der Waals surface area contributed by atoms with Gasteiger partial charge in [0.2, 0.25) is 5.91 Å².